The van der Waals surface area contributed by atoms with Gasteiger partial charge in [0.1, 0.15) is 0 Å². The molecule has 0 heterocycles. The van der Waals surface area contributed by atoms with Crippen molar-refractivity contribution in [1.29, 1.82) is 0 Å². The van der Waals surface area contributed by atoms with E-state index in [1.54, 1.807) is 0 Å². The van der Waals surface area contributed by atoms with Crippen LogP contribution in [-0.4, -0.2) is 34.8 Å². The molecule has 4 heteroatoms. The summed E-state index contributed by atoms with van der Waals surface area (Å²) in [6.07, 6.45) is -0.800. The highest BCUT2D eigenvalue weighted by atomic mass is 32.2. The molecule has 0 unspecified atom stereocenters. The fourth-order valence-electron chi connectivity index (χ4n) is 1.88. The Balaban J connectivity index is 1.88. The molecule has 0 aromatic heterocycles. The third-order valence-corrected chi connectivity index (χ3v) is 4.34. The smallest absolute Gasteiger partial charge is 0.0915 e. The zero-order chi connectivity index (χ0) is 14.9. The molecular weight excluding hydrogens is 284 g/mol. The second kappa shape index (κ2) is 8.85. The van der Waals surface area contributed by atoms with Crippen LogP contribution in [0.25, 0.3) is 0 Å². The minimum atomic E-state index is -0.800. The highest BCUT2D eigenvalue weighted by Crippen LogP contribution is 2.25. The zero-order valence-corrected chi connectivity index (χ0v) is 12.6. The van der Waals surface area contributed by atoms with Crippen LogP contribution in [0.2, 0.25) is 0 Å². The molecule has 2 aromatic rings. The Morgan fingerprint density at radius 2 is 1.57 bits per heavy atom. The van der Waals surface area contributed by atoms with Gasteiger partial charge < -0.3 is 14.9 Å². The van der Waals surface area contributed by atoms with E-state index < -0.39 is 6.10 Å². The largest absolute Gasteiger partial charge is 0.394 e. The number of thioether (sulfide) groups is 1. The molecule has 0 aliphatic carbocycles. The van der Waals surface area contributed by atoms with Gasteiger partial charge in [-0.3, -0.25) is 0 Å². The Hall–Kier alpha value is -1.33. The van der Waals surface area contributed by atoms with Crippen molar-refractivity contribution < 1.29 is 14.9 Å². The number of benzene rings is 2. The lowest BCUT2D eigenvalue weighted by molar-refractivity contribution is 0.0494. The van der Waals surface area contributed by atoms with Crippen molar-refractivity contribution in [2.45, 2.75) is 22.9 Å². The van der Waals surface area contributed by atoms with Crippen LogP contribution in [0.5, 0.6) is 0 Å². The van der Waals surface area contributed by atoms with Crippen molar-refractivity contribution in [3.8, 4) is 0 Å². The lowest BCUT2D eigenvalue weighted by atomic mass is 10.2. The molecule has 0 saturated heterocycles. The standard InChI is InChI=1S/C17H20O3S/c18-11-16(19)17(21-15-9-5-2-6-10-15)13-20-12-14-7-3-1-4-8-14/h1-10,16-19H,11-13H2/t16-,17+/m0/s1. The van der Waals surface area contributed by atoms with Crippen molar-refractivity contribution in [2.24, 2.45) is 0 Å². The van der Waals surface area contributed by atoms with Crippen LogP contribution in [0.4, 0.5) is 0 Å². The normalized spacial score (nSPS) is 13.8. The van der Waals surface area contributed by atoms with Crippen LogP contribution >= 0.6 is 11.8 Å². The predicted molar refractivity (Wildman–Crippen MR) is 85.3 cm³/mol. The average molecular weight is 304 g/mol. The minimum absolute atomic E-state index is 0.193. The van der Waals surface area contributed by atoms with Crippen LogP contribution < -0.4 is 0 Å². The Morgan fingerprint density at radius 1 is 0.952 bits per heavy atom. The first-order chi connectivity index (χ1) is 10.3. The van der Waals surface area contributed by atoms with E-state index in [1.165, 1.54) is 11.8 Å². The van der Waals surface area contributed by atoms with Crippen molar-refractivity contribution in [3.05, 3.63) is 66.2 Å². The number of ether oxygens (including phenoxy) is 1. The van der Waals surface area contributed by atoms with E-state index in [2.05, 4.69) is 0 Å². The molecule has 0 radical (unpaired) electrons. The van der Waals surface area contributed by atoms with Crippen LogP contribution in [0.15, 0.2) is 65.6 Å². The maximum absolute atomic E-state index is 9.93. The van der Waals surface area contributed by atoms with Crippen LogP contribution in [0, 0.1) is 0 Å². The molecule has 3 nitrogen and oxygen atoms in total. The van der Waals surface area contributed by atoms with Gasteiger partial charge in [0.05, 0.1) is 31.2 Å². The number of aliphatic hydroxyl groups excluding tert-OH is 2. The summed E-state index contributed by atoms with van der Waals surface area (Å²) >= 11 is 1.52. The lowest BCUT2D eigenvalue weighted by Gasteiger charge is -2.21. The lowest BCUT2D eigenvalue weighted by Crippen LogP contribution is -2.30. The van der Waals surface area contributed by atoms with Crippen molar-refractivity contribution >= 4 is 11.8 Å². The minimum Gasteiger partial charge on any atom is -0.394 e. The van der Waals surface area contributed by atoms with Gasteiger partial charge >= 0.3 is 0 Å². The molecule has 0 amide bonds. The van der Waals surface area contributed by atoms with Gasteiger partial charge in [0, 0.05) is 4.90 Å². The number of rotatable bonds is 8. The summed E-state index contributed by atoms with van der Waals surface area (Å²) < 4.78 is 5.69. The quantitative estimate of drug-likeness (QED) is 0.736. The fraction of sp³-hybridized carbons (Fsp3) is 0.294. The number of aliphatic hydroxyl groups is 2. The Kier molecular flexibility index (Phi) is 6.76. The monoisotopic (exact) mass is 304 g/mol. The summed E-state index contributed by atoms with van der Waals surface area (Å²) in [5, 5.41) is 18.9. The van der Waals surface area contributed by atoms with E-state index in [9.17, 15) is 10.2 Å². The SMILES string of the molecule is OC[C@H](O)[C@@H](COCc1ccccc1)Sc1ccccc1. The molecule has 0 saturated carbocycles. The van der Waals surface area contributed by atoms with Gasteiger partial charge in [-0.25, -0.2) is 0 Å². The van der Waals surface area contributed by atoms with E-state index in [1.807, 2.05) is 60.7 Å². The molecule has 0 spiro atoms. The average Bonchev–Trinajstić information content (AvgIpc) is 2.55. The molecule has 2 aromatic carbocycles. The summed E-state index contributed by atoms with van der Waals surface area (Å²) in [7, 11) is 0. The summed E-state index contributed by atoms with van der Waals surface area (Å²) in [4.78, 5) is 1.05. The van der Waals surface area contributed by atoms with Gasteiger partial charge in [-0.1, -0.05) is 48.5 Å². The van der Waals surface area contributed by atoms with Gasteiger partial charge in [-0.2, -0.15) is 0 Å². The van der Waals surface area contributed by atoms with Crippen LogP contribution in [0.3, 0.4) is 0 Å². The second-order valence-corrected chi connectivity index (χ2v) is 6.03. The van der Waals surface area contributed by atoms with E-state index in [0.717, 1.165) is 10.5 Å². The third-order valence-electron chi connectivity index (χ3n) is 3.04. The van der Waals surface area contributed by atoms with Gasteiger partial charge in [-0.15, -0.1) is 11.8 Å². The maximum atomic E-state index is 9.93. The maximum Gasteiger partial charge on any atom is 0.0915 e. The molecule has 2 N–H and O–H groups in total. The highest BCUT2D eigenvalue weighted by molar-refractivity contribution is 8.00. The first-order valence-electron chi connectivity index (χ1n) is 6.92. The number of hydrogen-bond acceptors (Lipinski definition) is 4. The summed E-state index contributed by atoms with van der Waals surface area (Å²) in [6.45, 7) is 0.625. The van der Waals surface area contributed by atoms with Crippen LogP contribution in [-0.2, 0) is 11.3 Å². The Bertz CT molecular complexity index is 504. The van der Waals surface area contributed by atoms with Crippen molar-refractivity contribution in [3.63, 3.8) is 0 Å². The molecule has 2 rings (SSSR count). The molecule has 0 bridgehead atoms. The van der Waals surface area contributed by atoms with Gasteiger partial charge in [0.2, 0.25) is 0 Å². The second-order valence-electron chi connectivity index (χ2n) is 4.72. The summed E-state index contributed by atoms with van der Waals surface area (Å²) in [5.41, 5.74) is 1.10. The zero-order valence-electron chi connectivity index (χ0n) is 11.8. The highest BCUT2D eigenvalue weighted by Gasteiger charge is 2.20. The number of hydrogen-bond donors (Lipinski definition) is 2. The molecule has 0 aliphatic rings. The van der Waals surface area contributed by atoms with E-state index in [0.29, 0.717) is 13.2 Å². The van der Waals surface area contributed by atoms with Gasteiger partial charge in [-0.05, 0) is 17.7 Å². The Morgan fingerprint density at radius 3 is 2.19 bits per heavy atom. The molecular formula is C17H20O3S. The van der Waals surface area contributed by atoms with Crippen molar-refractivity contribution in [1.82, 2.24) is 0 Å². The molecule has 2 atom stereocenters. The predicted octanol–water partition coefficient (Wildman–Crippen LogP) is 2.72. The third kappa shape index (κ3) is 5.52. The summed E-state index contributed by atoms with van der Waals surface area (Å²) in [6, 6.07) is 19.7. The first kappa shape index (κ1) is 16.0. The summed E-state index contributed by atoms with van der Waals surface area (Å²) in [5.74, 6) is 0. The molecule has 0 aliphatic heterocycles. The van der Waals surface area contributed by atoms with E-state index in [-0.39, 0.29) is 11.9 Å². The molecule has 21 heavy (non-hydrogen) atoms. The van der Waals surface area contributed by atoms with E-state index >= 15 is 0 Å². The van der Waals surface area contributed by atoms with Gasteiger partial charge in [0.25, 0.3) is 0 Å². The van der Waals surface area contributed by atoms with Crippen molar-refractivity contribution in [2.75, 3.05) is 13.2 Å². The fourth-order valence-corrected chi connectivity index (χ4v) is 2.95. The van der Waals surface area contributed by atoms with E-state index in [4.69, 9.17) is 4.74 Å². The van der Waals surface area contributed by atoms with Crippen LogP contribution in [0.1, 0.15) is 5.56 Å². The van der Waals surface area contributed by atoms with Gasteiger partial charge in [0.15, 0.2) is 0 Å². The first-order valence-corrected chi connectivity index (χ1v) is 7.80. The topological polar surface area (TPSA) is 49.7 Å². The molecule has 0 fully saturated rings. The Labute approximate surface area is 129 Å². The molecule has 112 valence electrons.